The lowest BCUT2D eigenvalue weighted by atomic mass is 9.83. The van der Waals surface area contributed by atoms with Crippen molar-refractivity contribution < 1.29 is 59.0 Å². The van der Waals surface area contributed by atoms with E-state index in [1.165, 1.54) is 19.1 Å². The number of rotatable bonds is 5. The van der Waals surface area contributed by atoms with Gasteiger partial charge in [-0.2, -0.15) is 26.3 Å². The lowest BCUT2D eigenvalue weighted by molar-refractivity contribution is -0.193. The van der Waals surface area contributed by atoms with Crippen LogP contribution in [0.2, 0.25) is 5.02 Å². The van der Waals surface area contributed by atoms with Gasteiger partial charge in [0.1, 0.15) is 23.3 Å². The molecule has 0 saturated carbocycles. The predicted octanol–water partition coefficient (Wildman–Crippen LogP) is 6.89. The van der Waals surface area contributed by atoms with E-state index in [1.807, 2.05) is 31.7 Å². The predicted molar refractivity (Wildman–Crippen MR) is 179 cm³/mol. The van der Waals surface area contributed by atoms with Gasteiger partial charge in [0.25, 0.3) is 0 Å². The van der Waals surface area contributed by atoms with Gasteiger partial charge in [0.2, 0.25) is 11.8 Å². The van der Waals surface area contributed by atoms with Crippen molar-refractivity contribution >= 4 is 35.0 Å². The molecule has 9 nitrogen and oxygen atoms in total. The number of aryl methyl sites for hydroxylation is 1. The molecule has 0 bridgehead atoms. The monoisotopic (exact) mass is 796 g/mol. The number of benzene rings is 1. The summed E-state index contributed by atoms with van der Waals surface area (Å²) in [5, 5.41) is 3.55. The molecule has 0 aliphatic carbocycles. The molecule has 0 radical (unpaired) electrons. The molecule has 54 heavy (non-hydrogen) atoms. The van der Waals surface area contributed by atoms with Crippen LogP contribution in [0.4, 0.5) is 35.1 Å². The van der Waals surface area contributed by atoms with Gasteiger partial charge in [0.05, 0.1) is 27.9 Å². The number of carbonyl (C=O) groups is 4. The van der Waals surface area contributed by atoms with Gasteiger partial charge in [-0.25, -0.2) is 8.78 Å². The van der Waals surface area contributed by atoms with Crippen LogP contribution in [0.1, 0.15) is 88.9 Å². The normalized spacial score (nSPS) is 21.7. The second-order valence-corrected chi connectivity index (χ2v) is 15.7. The van der Waals surface area contributed by atoms with E-state index in [1.54, 1.807) is 0 Å². The molecule has 18 heteroatoms. The number of Topliss-reactive ketones (excluding diaryl/α,β-unsaturated/α-hetero) is 2. The van der Waals surface area contributed by atoms with Gasteiger partial charge in [-0.15, -0.1) is 0 Å². The number of likely N-dealkylation sites (tertiary alicyclic amines) is 2. The minimum atomic E-state index is -5.77. The summed E-state index contributed by atoms with van der Waals surface area (Å²) in [6, 6.07) is 5.53. The first-order valence-corrected chi connectivity index (χ1v) is 17.3. The molecule has 2 aromatic rings. The number of ketones is 2. The first kappa shape index (κ1) is 43.0. The van der Waals surface area contributed by atoms with Crippen molar-refractivity contribution in [1.29, 1.82) is 0 Å². The fourth-order valence-corrected chi connectivity index (χ4v) is 7.37. The molecule has 1 N–H and O–H groups in total. The van der Waals surface area contributed by atoms with Crippen LogP contribution in [-0.4, -0.2) is 87.8 Å². The van der Waals surface area contributed by atoms with Crippen LogP contribution in [0.15, 0.2) is 24.3 Å². The number of ether oxygens (including phenoxy) is 1. The Morgan fingerprint density at radius 2 is 1.44 bits per heavy atom. The zero-order chi connectivity index (χ0) is 40.9. The van der Waals surface area contributed by atoms with Gasteiger partial charge in [-0.3, -0.25) is 29.1 Å². The lowest BCUT2D eigenvalue weighted by Gasteiger charge is -2.42. The quantitative estimate of drug-likeness (QED) is 0.260. The molecule has 1 spiro atoms. The third kappa shape index (κ3) is 9.05. The molecular formula is C36H41ClF8N4O5. The minimum absolute atomic E-state index is 0.0288. The maximum absolute atomic E-state index is 15.0. The third-order valence-electron chi connectivity index (χ3n) is 9.94. The Labute approximate surface area is 311 Å². The van der Waals surface area contributed by atoms with Gasteiger partial charge in [0, 0.05) is 56.2 Å². The number of piperidine rings is 1. The third-order valence-corrected chi connectivity index (χ3v) is 10.3. The number of hydrogen-bond acceptors (Lipinski definition) is 7. The second-order valence-electron chi connectivity index (χ2n) is 15.3. The van der Waals surface area contributed by atoms with Crippen molar-refractivity contribution in [3.8, 4) is 0 Å². The number of carbonyl (C=O) groups excluding carboxylic acids is 4. The Kier molecular flexibility index (Phi) is 12.0. The summed E-state index contributed by atoms with van der Waals surface area (Å²) in [5.74, 6) is -9.09. The minimum Gasteiger partial charge on any atom is -0.358 e. The average Bonchev–Trinajstić information content (AvgIpc) is 3.60. The molecule has 2 saturated heterocycles. The fraction of sp³-hybridized carbons (Fsp3) is 0.583. The van der Waals surface area contributed by atoms with Crippen LogP contribution < -0.4 is 5.32 Å². The Morgan fingerprint density at radius 3 is 1.93 bits per heavy atom. The summed E-state index contributed by atoms with van der Waals surface area (Å²) >= 11 is 6.50. The molecule has 2 fully saturated rings. The van der Waals surface area contributed by atoms with E-state index in [-0.39, 0.29) is 23.3 Å². The van der Waals surface area contributed by atoms with E-state index in [9.17, 15) is 54.3 Å². The summed E-state index contributed by atoms with van der Waals surface area (Å²) in [6.45, 7) is 15.3. The van der Waals surface area contributed by atoms with Crippen LogP contribution >= 0.6 is 11.6 Å². The van der Waals surface area contributed by atoms with Crippen LogP contribution in [0.5, 0.6) is 0 Å². The highest BCUT2D eigenvalue weighted by Crippen LogP contribution is 2.53. The first-order valence-electron chi connectivity index (χ1n) is 16.9. The highest BCUT2D eigenvalue weighted by molar-refractivity contribution is 6.41. The smallest absolute Gasteiger partial charge is 0.358 e. The van der Waals surface area contributed by atoms with E-state index in [0.717, 1.165) is 17.3 Å². The zero-order valence-corrected chi connectivity index (χ0v) is 31.3. The van der Waals surface area contributed by atoms with E-state index < -0.39 is 58.7 Å². The van der Waals surface area contributed by atoms with E-state index >= 15 is 0 Å². The number of amides is 2. The standard InChI is InChI=1S/C32H41ClF2N4O3.C4F6O2/c1-18-25(33)15-22-27(36-18)32(42-28(22)31(6,7)37-19(2)40)10-12-38(13-11-32)29(41)24-17-39(30(3,4)5)16-23(24)21-9-8-20(34)14-26(21)35;5-3(6,7)1(11)2(12)4(8,9)10/h8-9,14-15,23-24,28H,10-13,16-17H2,1-7H3,(H,37,40);/t23-,24?,28+;/m0./s1. The Bertz CT molecular complexity index is 1780. The van der Waals surface area contributed by atoms with E-state index in [2.05, 4.69) is 31.0 Å². The van der Waals surface area contributed by atoms with Crippen molar-refractivity contribution in [2.24, 2.45) is 5.92 Å². The van der Waals surface area contributed by atoms with Crippen molar-refractivity contribution in [2.45, 2.75) is 102 Å². The molecular weight excluding hydrogens is 756 g/mol. The Hall–Kier alpha value is -3.70. The molecule has 4 heterocycles. The number of pyridine rings is 1. The number of aromatic nitrogens is 1. The van der Waals surface area contributed by atoms with E-state index in [0.29, 0.717) is 55.3 Å². The summed E-state index contributed by atoms with van der Waals surface area (Å²) in [4.78, 5) is 54.3. The fourth-order valence-electron chi connectivity index (χ4n) is 7.21. The summed E-state index contributed by atoms with van der Waals surface area (Å²) < 4.78 is 102. The lowest BCUT2D eigenvalue weighted by Crippen LogP contribution is -2.50. The highest BCUT2D eigenvalue weighted by atomic mass is 35.5. The van der Waals surface area contributed by atoms with Crippen molar-refractivity contribution in [3.05, 3.63) is 63.4 Å². The van der Waals surface area contributed by atoms with Gasteiger partial charge in [-0.05, 0) is 72.1 Å². The maximum atomic E-state index is 15.0. The van der Waals surface area contributed by atoms with Gasteiger partial charge in [-0.1, -0.05) is 17.7 Å². The summed E-state index contributed by atoms with van der Waals surface area (Å²) in [7, 11) is 0. The first-order chi connectivity index (χ1) is 24.6. The topological polar surface area (TPSA) is 109 Å². The summed E-state index contributed by atoms with van der Waals surface area (Å²) in [5.41, 5.74) is 1.09. The van der Waals surface area contributed by atoms with Gasteiger partial charge >= 0.3 is 23.9 Å². The molecule has 2 amide bonds. The SMILES string of the molecule is CC(=O)NC(C)(C)[C@@H]1OC2(CCN(C(=O)C3CN(C(C)(C)C)C[C@H]3c3ccc(F)cc3F)CC2)c2nc(C)c(Cl)cc21.O=C(C(=O)C(F)(F)F)C(F)(F)F. The molecule has 1 aromatic carbocycles. The number of fused-ring (bicyclic) bond motifs is 2. The maximum Gasteiger partial charge on any atom is 0.458 e. The number of nitrogens with one attached hydrogen (secondary N) is 1. The zero-order valence-electron chi connectivity index (χ0n) is 30.6. The van der Waals surface area contributed by atoms with Gasteiger partial charge < -0.3 is 15.0 Å². The number of halogens is 9. The van der Waals surface area contributed by atoms with Crippen molar-refractivity contribution in [1.82, 2.24) is 20.1 Å². The van der Waals surface area contributed by atoms with Crippen molar-refractivity contribution in [3.63, 3.8) is 0 Å². The molecule has 1 aromatic heterocycles. The second kappa shape index (κ2) is 15.1. The molecule has 5 rings (SSSR count). The molecule has 3 atom stereocenters. The van der Waals surface area contributed by atoms with E-state index in [4.69, 9.17) is 21.3 Å². The van der Waals surface area contributed by atoms with Crippen LogP contribution in [0.25, 0.3) is 0 Å². The van der Waals surface area contributed by atoms with Gasteiger partial charge in [0.15, 0.2) is 0 Å². The molecule has 3 aliphatic heterocycles. The number of hydrogen-bond donors (Lipinski definition) is 1. The molecule has 1 unspecified atom stereocenters. The Morgan fingerprint density at radius 1 is 0.889 bits per heavy atom. The number of alkyl halides is 6. The number of nitrogens with zero attached hydrogens (tertiary/aromatic N) is 3. The van der Waals surface area contributed by atoms with Crippen LogP contribution in [0, 0.1) is 24.5 Å². The average molecular weight is 797 g/mol. The van der Waals surface area contributed by atoms with Crippen molar-refractivity contribution in [2.75, 3.05) is 26.2 Å². The summed E-state index contributed by atoms with van der Waals surface area (Å²) in [6.07, 6.45) is -11.0. The molecule has 3 aliphatic rings. The van der Waals surface area contributed by atoms with Crippen LogP contribution in [-0.2, 0) is 29.5 Å². The Balaban J connectivity index is 0.000000467. The van der Waals surface area contributed by atoms with Crippen LogP contribution in [0.3, 0.4) is 0 Å². The highest BCUT2D eigenvalue weighted by Gasteiger charge is 2.55. The molecule has 298 valence electrons. The largest absolute Gasteiger partial charge is 0.458 e.